The molecule has 1 aromatic rings. The normalized spacial score (nSPS) is 12.8. The maximum absolute atomic E-state index is 12.0. The Morgan fingerprint density at radius 1 is 1.22 bits per heavy atom. The van der Waals surface area contributed by atoms with Crippen LogP contribution in [0.4, 0.5) is 5.69 Å². The molecule has 0 saturated heterocycles. The molecular formula is C18H29N3O2. The van der Waals surface area contributed by atoms with E-state index in [0.717, 1.165) is 11.3 Å². The highest BCUT2D eigenvalue weighted by atomic mass is 16.2. The second-order valence-electron chi connectivity index (χ2n) is 7.41. The van der Waals surface area contributed by atoms with Crippen LogP contribution in [0.3, 0.4) is 0 Å². The van der Waals surface area contributed by atoms with Crippen molar-refractivity contribution in [2.24, 2.45) is 17.1 Å². The first kappa shape index (κ1) is 19.2. The van der Waals surface area contributed by atoms with Crippen molar-refractivity contribution in [3.05, 3.63) is 29.8 Å². The smallest absolute Gasteiger partial charge is 0.237 e. The fourth-order valence-electron chi connectivity index (χ4n) is 2.03. The highest BCUT2D eigenvalue weighted by Crippen LogP contribution is 2.17. The molecule has 0 aliphatic carbocycles. The molecule has 4 N–H and O–H groups in total. The Bertz CT molecular complexity index is 547. The van der Waals surface area contributed by atoms with E-state index in [1.165, 1.54) is 0 Å². The van der Waals surface area contributed by atoms with E-state index in [0.29, 0.717) is 18.9 Å². The third-order valence-electron chi connectivity index (χ3n) is 3.49. The van der Waals surface area contributed by atoms with Crippen LogP contribution in [0.2, 0.25) is 0 Å². The molecule has 5 nitrogen and oxygen atoms in total. The van der Waals surface area contributed by atoms with Gasteiger partial charge in [0.25, 0.3) is 0 Å². The minimum atomic E-state index is -0.559. The minimum absolute atomic E-state index is 0.00376. The molecule has 5 heteroatoms. The molecule has 0 aliphatic rings. The summed E-state index contributed by atoms with van der Waals surface area (Å²) in [6.07, 6.45) is 0.487. The van der Waals surface area contributed by atoms with E-state index in [9.17, 15) is 9.59 Å². The van der Waals surface area contributed by atoms with Crippen LogP contribution in [0.5, 0.6) is 0 Å². The summed E-state index contributed by atoms with van der Waals surface area (Å²) in [5.74, 6) is 0.138. The monoisotopic (exact) mass is 319 g/mol. The van der Waals surface area contributed by atoms with Gasteiger partial charge in [-0.1, -0.05) is 46.8 Å². The van der Waals surface area contributed by atoms with Crippen LogP contribution in [0.1, 0.15) is 46.6 Å². The van der Waals surface area contributed by atoms with Gasteiger partial charge >= 0.3 is 0 Å². The Labute approximate surface area is 139 Å². The highest BCUT2D eigenvalue weighted by molar-refractivity contribution is 5.90. The molecule has 0 aromatic heterocycles. The second kappa shape index (κ2) is 8.11. The first-order valence-electron chi connectivity index (χ1n) is 8.01. The Morgan fingerprint density at radius 2 is 1.87 bits per heavy atom. The molecule has 0 saturated carbocycles. The largest absolute Gasteiger partial charge is 0.351 e. The van der Waals surface area contributed by atoms with E-state index in [4.69, 9.17) is 5.73 Å². The zero-order chi connectivity index (χ0) is 17.6. The third kappa shape index (κ3) is 6.82. The molecule has 0 aliphatic heterocycles. The Kier molecular flexibility index (Phi) is 6.76. The van der Waals surface area contributed by atoms with E-state index in [-0.39, 0.29) is 17.2 Å². The van der Waals surface area contributed by atoms with Gasteiger partial charge in [0.1, 0.15) is 0 Å². The summed E-state index contributed by atoms with van der Waals surface area (Å²) >= 11 is 0. The van der Waals surface area contributed by atoms with Crippen LogP contribution >= 0.6 is 0 Å². The number of nitrogens with one attached hydrogen (secondary N) is 2. The average molecular weight is 319 g/mol. The van der Waals surface area contributed by atoms with Crippen molar-refractivity contribution in [2.75, 3.05) is 5.32 Å². The summed E-state index contributed by atoms with van der Waals surface area (Å²) in [5, 5.41) is 5.71. The number of benzene rings is 1. The second-order valence-corrected chi connectivity index (χ2v) is 7.41. The lowest BCUT2D eigenvalue weighted by molar-refractivity contribution is -0.124. The molecule has 1 atom stereocenters. The van der Waals surface area contributed by atoms with Gasteiger partial charge in [0, 0.05) is 18.7 Å². The predicted molar refractivity (Wildman–Crippen MR) is 93.8 cm³/mol. The van der Waals surface area contributed by atoms with Crippen molar-refractivity contribution >= 4 is 17.5 Å². The van der Waals surface area contributed by atoms with Gasteiger partial charge in [-0.25, -0.2) is 0 Å². The van der Waals surface area contributed by atoms with Gasteiger partial charge in [-0.05, 0) is 29.0 Å². The predicted octanol–water partition coefficient (Wildman–Crippen LogP) is 2.66. The van der Waals surface area contributed by atoms with Crippen molar-refractivity contribution in [1.29, 1.82) is 0 Å². The summed E-state index contributed by atoms with van der Waals surface area (Å²) < 4.78 is 0. The number of anilines is 1. The summed E-state index contributed by atoms with van der Waals surface area (Å²) in [4.78, 5) is 23.8. The van der Waals surface area contributed by atoms with Crippen LogP contribution in [0, 0.1) is 11.3 Å². The lowest BCUT2D eigenvalue weighted by atomic mass is 9.87. The van der Waals surface area contributed by atoms with Gasteiger partial charge in [-0.2, -0.15) is 0 Å². The van der Waals surface area contributed by atoms with E-state index in [1.54, 1.807) is 0 Å². The van der Waals surface area contributed by atoms with E-state index in [2.05, 4.69) is 10.6 Å². The van der Waals surface area contributed by atoms with E-state index >= 15 is 0 Å². The SMILES string of the molecule is CC(C)CC(=O)Nc1cccc(CNC(=O)[C@@H](N)C(C)(C)C)c1. The van der Waals surface area contributed by atoms with Crippen molar-refractivity contribution < 1.29 is 9.59 Å². The van der Waals surface area contributed by atoms with Gasteiger partial charge in [-0.15, -0.1) is 0 Å². The van der Waals surface area contributed by atoms with Crippen molar-refractivity contribution in [2.45, 2.75) is 53.6 Å². The Morgan fingerprint density at radius 3 is 2.43 bits per heavy atom. The lowest BCUT2D eigenvalue weighted by Gasteiger charge is -2.25. The molecule has 1 rings (SSSR count). The molecule has 0 fully saturated rings. The molecule has 0 unspecified atom stereocenters. The molecule has 0 radical (unpaired) electrons. The number of nitrogens with two attached hydrogens (primary N) is 1. The lowest BCUT2D eigenvalue weighted by Crippen LogP contribution is -2.48. The number of rotatable bonds is 6. The number of hydrogen-bond acceptors (Lipinski definition) is 3. The third-order valence-corrected chi connectivity index (χ3v) is 3.49. The zero-order valence-corrected chi connectivity index (χ0v) is 14.8. The first-order valence-corrected chi connectivity index (χ1v) is 8.01. The number of carbonyl (C=O) groups is 2. The van der Waals surface area contributed by atoms with Crippen LogP contribution in [-0.4, -0.2) is 17.9 Å². The maximum Gasteiger partial charge on any atom is 0.237 e. The molecule has 2 amide bonds. The fraction of sp³-hybridized carbons (Fsp3) is 0.556. The highest BCUT2D eigenvalue weighted by Gasteiger charge is 2.27. The van der Waals surface area contributed by atoms with Crippen LogP contribution in [-0.2, 0) is 16.1 Å². The average Bonchev–Trinajstić information content (AvgIpc) is 2.42. The van der Waals surface area contributed by atoms with E-state index in [1.807, 2.05) is 58.9 Å². The maximum atomic E-state index is 12.0. The van der Waals surface area contributed by atoms with Crippen LogP contribution in [0.15, 0.2) is 24.3 Å². The zero-order valence-electron chi connectivity index (χ0n) is 14.8. The molecule has 0 heterocycles. The quantitative estimate of drug-likeness (QED) is 0.753. The number of hydrogen-bond donors (Lipinski definition) is 3. The fourth-order valence-corrected chi connectivity index (χ4v) is 2.03. The van der Waals surface area contributed by atoms with Gasteiger partial charge in [-0.3, -0.25) is 9.59 Å². The Balaban J connectivity index is 2.61. The summed E-state index contributed by atoms with van der Waals surface area (Å²) in [7, 11) is 0. The Hall–Kier alpha value is -1.88. The molecule has 23 heavy (non-hydrogen) atoms. The van der Waals surface area contributed by atoms with Crippen LogP contribution < -0.4 is 16.4 Å². The molecular weight excluding hydrogens is 290 g/mol. The molecule has 1 aromatic carbocycles. The topological polar surface area (TPSA) is 84.2 Å². The summed E-state index contributed by atoms with van der Waals surface area (Å²) in [6.45, 7) is 10.2. The van der Waals surface area contributed by atoms with Gasteiger partial charge in [0.2, 0.25) is 11.8 Å². The number of amides is 2. The van der Waals surface area contributed by atoms with Crippen LogP contribution in [0.25, 0.3) is 0 Å². The standard InChI is InChI=1S/C18H29N3O2/c1-12(2)9-15(22)21-14-8-6-7-13(10-14)11-20-17(23)16(19)18(3,4)5/h6-8,10,12,16H,9,11,19H2,1-5H3,(H,20,23)(H,21,22)/t16-/m1/s1. The van der Waals surface area contributed by atoms with E-state index < -0.39 is 6.04 Å². The summed E-state index contributed by atoms with van der Waals surface area (Å²) in [6, 6.07) is 6.90. The van der Waals surface area contributed by atoms with Gasteiger partial charge in [0.05, 0.1) is 6.04 Å². The van der Waals surface area contributed by atoms with Gasteiger partial charge < -0.3 is 16.4 Å². The summed E-state index contributed by atoms with van der Waals surface area (Å²) in [5.41, 5.74) is 7.31. The number of carbonyl (C=O) groups excluding carboxylic acids is 2. The first-order chi connectivity index (χ1) is 10.6. The molecule has 128 valence electrons. The molecule has 0 spiro atoms. The van der Waals surface area contributed by atoms with Crippen molar-refractivity contribution in [3.8, 4) is 0 Å². The van der Waals surface area contributed by atoms with Gasteiger partial charge in [0.15, 0.2) is 0 Å². The molecule has 0 bridgehead atoms. The van der Waals surface area contributed by atoms with Crippen molar-refractivity contribution in [3.63, 3.8) is 0 Å². The van der Waals surface area contributed by atoms with Crippen molar-refractivity contribution in [1.82, 2.24) is 5.32 Å². The minimum Gasteiger partial charge on any atom is -0.351 e.